The van der Waals surface area contributed by atoms with Gasteiger partial charge in [-0.25, -0.2) is 9.97 Å². The van der Waals surface area contributed by atoms with E-state index >= 15 is 0 Å². The van der Waals surface area contributed by atoms with Gasteiger partial charge in [-0.2, -0.15) is 0 Å². The number of rotatable bonds is 1. The Morgan fingerprint density at radius 1 is 1.25 bits per heavy atom. The molecule has 0 spiro atoms. The fourth-order valence-electron chi connectivity index (χ4n) is 2.85. The number of aromatic nitrogens is 3. The van der Waals surface area contributed by atoms with E-state index in [1.807, 2.05) is 13.1 Å². The Hall–Kier alpha value is -1.38. The first-order valence-corrected chi connectivity index (χ1v) is 6.07. The summed E-state index contributed by atoms with van der Waals surface area (Å²) in [6.45, 7) is 4.14. The van der Waals surface area contributed by atoms with Crippen molar-refractivity contribution in [2.45, 2.75) is 45.6 Å². The number of nitrogens with zero attached hydrogens (tertiary/aromatic N) is 3. The summed E-state index contributed by atoms with van der Waals surface area (Å²) in [7, 11) is 0. The molecule has 2 aromatic heterocycles. The summed E-state index contributed by atoms with van der Waals surface area (Å²) in [5.41, 5.74) is 2.44. The van der Waals surface area contributed by atoms with Crippen LogP contribution in [0.3, 0.4) is 0 Å². The van der Waals surface area contributed by atoms with Gasteiger partial charge >= 0.3 is 0 Å². The standard InChI is InChI=1S/C13H17N3/c1-9-7-11-8-14-10(2)15-13(11)16(9)12-5-3-4-6-12/h7-8,12H,3-6H2,1-2H3. The lowest BCUT2D eigenvalue weighted by Gasteiger charge is -2.15. The zero-order chi connectivity index (χ0) is 11.1. The van der Waals surface area contributed by atoms with Crippen LogP contribution in [0.4, 0.5) is 0 Å². The zero-order valence-electron chi connectivity index (χ0n) is 9.90. The van der Waals surface area contributed by atoms with Gasteiger partial charge in [0, 0.05) is 23.3 Å². The van der Waals surface area contributed by atoms with E-state index in [2.05, 4.69) is 27.5 Å². The van der Waals surface area contributed by atoms with Gasteiger partial charge in [0.25, 0.3) is 0 Å². The lowest BCUT2D eigenvalue weighted by molar-refractivity contribution is 0.521. The predicted octanol–water partition coefficient (Wildman–Crippen LogP) is 3.16. The van der Waals surface area contributed by atoms with E-state index in [4.69, 9.17) is 0 Å². The number of fused-ring (bicyclic) bond motifs is 1. The van der Waals surface area contributed by atoms with E-state index in [0.717, 1.165) is 11.5 Å². The molecule has 0 N–H and O–H groups in total. The Bertz CT molecular complexity index is 521. The van der Waals surface area contributed by atoms with Crippen LogP contribution in [0.1, 0.15) is 43.2 Å². The molecule has 3 nitrogen and oxygen atoms in total. The smallest absolute Gasteiger partial charge is 0.144 e. The van der Waals surface area contributed by atoms with E-state index < -0.39 is 0 Å². The molecule has 2 heterocycles. The van der Waals surface area contributed by atoms with E-state index in [0.29, 0.717) is 6.04 Å². The molecule has 0 amide bonds. The molecule has 84 valence electrons. The average molecular weight is 215 g/mol. The van der Waals surface area contributed by atoms with Gasteiger partial charge in [0.1, 0.15) is 11.5 Å². The summed E-state index contributed by atoms with van der Waals surface area (Å²) in [5.74, 6) is 0.866. The maximum absolute atomic E-state index is 4.59. The molecule has 1 saturated carbocycles. The fraction of sp³-hybridized carbons (Fsp3) is 0.538. The molecule has 0 saturated heterocycles. The molecule has 0 unspecified atom stereocenters. The van der Waals surface area contributed by atoms with Gasteiger partial charge in [-0.1, -0.05) is 12.8 Å². The van der Waals surface area contributed by atoms with Crippen molar-refractivity contribution in [3.05, 3.63) is 23.8 Å². The van der Waals surface area contributed by atoms with Crippen molar-refractivity contribution in [2.24, 2.45) is 0 Å². The van der Waals surface area contributed by atoms with Crippen molar-refractivity contribution in [3.63, 3.8) is 0 Å². The van der Waals surface area contributed by atoms with Crippen LogP contribution in [-0.2, 0) is 0 Å². The van der Waals surface area contributed by atoms with E-state index in [-0.39, 0.29) is 0 Å². The zero-order valence-corrected chi connectivity index (χ0v) is 9.90. The van der Waals surface area contributed by atoms with Gasteiger partial charge in [0.05, 0.1) is 0 Å². The minimum atomic E-state index is 0.659. The highest BCUT2D eigenvalue weighted by Gasteiger charge is 2.20. The third-order valence-corrected chi connectivity index (χ3v) is 3.58. The third kappa shape index (κ3) is 1.42. The number of hydrogen-bond donors (Lipinski definition) is 0. The maximum atomic E-state index is 4.59. The molecular weight excluding hydrogens is 198 g/mol. The highest BCUT2D eigenvalue weighted by atomic mass is 15.1. The second kappa shape index (κ2) is 3.58. The molecular formula is C13H17N3. The van der Waals surface area contributed by atoms with E-state index in [9.17, 15) is 0 Å². The SMILES string of the molecule is Cc1ncc2cc(C)n(C3CCCC3)c2n1. The Balaban J connectivity index is 2.20. The molecule has 0 bridgehead atoms. The molecule has 0 atom stereocenters. The van der Waals surface area contributed by atoms with Crippen molar-refractivity contribution < 1.29 is 0 Å². The Morgan fingerprint density at radius 3 is 2.75 bits per heavy atom. The lowest BCUT2D eigenvalue weighted by atomic mass is 10.2. The summed E-state index contributed by atoms with van der Waals surface area (Å²) in [4.78, 5) is 8.86. The summed E-state index contributed by atoms with van der Waals surface area (Å²) in [6, 6.07) is 2.86. The van der Waals surface area contributed by atoms with Crippen LogP contribution < -0.4 is 0 Å². The van der Waals surface area contributed by atoms with Crippen molar-refractivity contribution >= 4 is 11.0 Å². The molecule has 3 rings (SSSR count). The lowest BCUT2D eigenvalue weighted by Crippen LogP contribution is -2.07. The molecule has 1 fully saturated rings. The van der Waals surface area contributed by atoms with Gasteiger partial charge < -0.3 is 4.57 Å². The molecule has 2 aromatic rings. The van der Waals surface area contributed by atoms with Crippen molar-refractivity contribution in [1.82, 2.24) is 14.5 Å². The van der Waals surface area contributed by atoms with Crippen LogP contribution >= 0.6 is 0 Å². The molecule has 1 aliphatic carbocycles. The Labute approximate surface area is 95.5 Å². The number of aryl methyl sites for hydroxylation is 2. The van der Waals surface area contributed by atoms with Crippen LogP contribution in [-0.4, -0.2) is 14.5 Å². The highest BCUT2D eigenvalue weighted by molar-refractivity contribution is 5.76. The van der Waals surface area contributed by atoms with E-state index in [1.165, 1.54) is 36.8 Å². The monoisotopic (exact) mass is 215 g/mol. The maximum Gasteiger partial charge on any atom is 0.144 e. The Morgan fingerprint density at radius 2 is 2.00 bits per heavy atom. The summed E-state index contributed by atoms with van der Waals surface area (Å²) in [5, 5.41) is 1.18. The van der Waals surface area contributed by atoms with Crippen LogP contribution in [0.25, 0.3) is 11.0 Å². The van der Waals surface area contributed by atoms with Gasteiger partial charge in [0.15, 0.2) is 0 Å². The Kier molecular flexibility index (Phi) is 2.20. The molecule has 0 aromatic carbocycles. The van der Waals surface area contributed by atoms with Gasteiger partial charge in [-0.05, 0) is 32.8 Å². The topological polar surface area (TPSA) is 30.7 Å². The van der Waals surface area contributed by atoms with Crippen LogP contribution in [0.2, 0.25) is 0 Å². The molecule has 0 aliphatic heterocycles. The third-order valence-electron chi connectivity index (χ3n) is 3.58. The minimum Gasteiger partial charge on any atom is -0.327 e. The highest BCUT2D eigenvalue weighted by Crippen LogP contribution is 2.33. The quantitative estimate of drug-likeness (QED) is 0.731. The molecule has 16 heavy (non-hydrogen) atoms. The summed E-state index contributed by atoms with van der Waals surface area (Å²) >= 11 is 0. The normalized spacial score (nSPS) is 17.4. The van der Waals surface area contributed by atoms with Crippen LogP contribution in [0.5, 0.6) is 0 Å². The second-order valence-corrected chi connectivity index (χ2v) is 4.79. The van der Waals surface area contributed by atoms with Crippen LogP contribution in [0, 0.1) is 13.8 Å². The van der Waals surface area contributed by atoms with Crippen molar-refractivity contribution in [3.8, 4) is 0 Å². The first-order valence-electron chi connectivity index (χ1n) is 6.07. The van der Waals surface area contributed by atoms with Crippen molar-refractivity contribution in [1.29, 1.82) is 0 Å². The largest absolute Gasteiger partial charge is 0.327 e. The average Bonchev–Trinajstić information content (AvgIpc) is 2.83. The molecule has 1 aliphatic rings. The van der Waals surface area contributed by atoms with E-state index in [1.54, 1.807) is 0 Å². The molecule has 0 radical (unpaired) electrons. The van der Waals surface area contributed by atoms with Gasteiger partial charge in [-0.15, -0.1) is 0 Å². The second-order valence-electron chi connectivity index (χ2n) is 4.79. The first-order chi connectivity index (χ1) is 7.75. The summed E-state index contributed by atoms with van der Waals surface area (Å²) in [6.07, 6.45) is 7.25. The van der Waals surface area contributed by atoms with Crippen molar-refractivity contribution in [2.75, 3.05) is 0 Å². The molecule has 3 heteroatoms. The number of hydrogen-bond acceptors (Lipinski definition) is 2. The summed E-state index contributed by atoms with van der Waals surface area (Å²) < 4.78 is 2.41. The van der Waals surface area contributed by atoms with Crippen LogP contribution in [0.15, 0.2) is 12.3 Å². The fourth-order valence-corrected chi connectivity index (χ4v) is 2.85. The minimum absolute atomic E-state index is 0.659. The van der Waals surface area contributed by atoms with Gasteiger partial charge in [-0.3, -0.25) is 0 Å². The first kappa shape index (κ1) is 9.82. The predicted molar refractivity (Wildman–Crippen MR) is 64.5 cm³/mol. The van der Waals surface area contributed by atoms with Gasteiger partial charge in [0.2, 0.25) is 0 Å².